The van der Waals surface area contributed by atoms with Gasteiger partial charge in [-0.1, -0.05) is 18.2 Å². The van der Waals surface area contributed by atoms with Gasteiger partial charge in [0.05, 0.1) is 5.69 Å². The maximum Gasteiger partial charge on any atom is 0.256 e. The van der Waals surface area contributed by atoms with Crippen molar-refractivity contribution in [3.05, 3.63) is 72.4 Å². The van der Waals surface area contributed by atoms with E-state index < -0.39 is 0 Å². The number of benzene rings is 2. The lowest BCUT2D eigenvalue weighted by Gasteiger charge is -2.20. The van der Waals surface area contributed by atoms with Crippen LogP contribution >= 0.6 is 0 Å². The van der Waals surface area contributed by atoms with Crippen molar-refractivity contribution < 1.29 is 4.79 Å². The van der Waals surface area contributed by atoms with Crippen molar-refractivity contribution in [2.45, 2.75) is 13.8 Å². The molecule has 0 unspecified atom stereocenters. The maximum atomic E-state index is 12.4. The molecule has 3 aromatic rings. The van der Waals surface area contributed by atoms with Gasteiger partial charge in [0.25, 0.3) is 5.91 Å². The highest BCUT2D eigenvalue weighted by Crippen LogP contribution is 2.16. The van der Waals surface area contributed by atoms with Gasteiger partial charge in [-0.05, 0) is 50.2 Å². The normalized spacial score (nSPS) is 10.5. The molecule has 2 aromatic carbocycles. The van der Waals surface area contributed by atoms with Crippen molar-refractivity contribution in [3.8, 4) is 5.69 Å². The maximum absolute atomic E-state index is 12.4. The SMILES string of the molecule is CCN(CC)c1ccc(C(=O)Nc2ccn(-c3ccccc3)n2)cc1. The Morgan fingerprint density at radius 2 is 1.68 bits per heavy atom. The second-order valence-corrected chi connectivity index (χ2v) is 5.65. The van der Waals surface area contributed by atoms with E-state index >= 15 is 0 Å². The number of rotatable bonds is 6. The molecule has 0 fully saturated rings. The van der Waals surface area contributed by atoms with E-state index in [-0.39, 0.29) is 5.91 Å². The van der Waals surface area contributed by atoms with E-state index in [1.54, 1.807) is 10.7 Å². The molecule has 0 saturated heterocycles. The molecule has 0 saturated carbocycles. The first-order valence-corrected chi connectivity index (χ1v) is 8.48. The summed E-state index contributed by atoms with van der Waals surface area (Å²) in [4.78, 5) is 14.6. The minimum atomic E-state index is -0.163. The third-order valence-electron chi connectivity index (χ3n) is 4.11. The van der Waals surface area contributed by atoms with Crippen molar-refractivity contribution in [1.82, 2.24) is 9.78 Å². The minimum Gasteiger partial charge on any atom is -0.372 e. The molecule has 0 bridgehead atoms. The lowest BCUT2D eigenvalue weighted by molar-refractivity contribution is 0.102. The Morgan fingerprint density at radius 3 is 2.32 bits per heavy atom. The average Bonchev–Trinajstić information content (AvgIpc) is 3.12. The van der Waals surface area contributed by atoms with Crippen LogP contribution in [0.1, 0.15) is 24.2 Å². The molecular weight excluding hydrogens is 312 g/mol. The quantitative estimate of drug-likeness (QED) is 0.742. The Balaban J connectivity index is 1.69. The summed E-state index contributed by atoms with van der Waals surface area (Å²) in [5.74, 6) is 0.367. The Bertz CT molecular complexity index is 820. The van der Waals surface area contributed by atoms with E-state index in [0.717, 1.165) is 24.5 Å². The molecule has 3 rings (SSSR count). The van der Waals surface area contributed by atoms with Crippen LogP contribution in [0.15, 0.2) is 66.9 Å². The fourth-order valence-corrected chi connectivity index (χ4v) is 2.72. The molecule has 1 aromatic heterocycles. The number of nitrogens with zero attached hydrogens (tertiary/aromatic N) is 3. The molecule has 1 amide bonds. The van der Waals surface area contributed by atoms with Crippen molar-refractivity contribution in [1.29, 1.82) is 0 Å². The van der Waals surface area contributed by atoms with Crippen LogP contribution < -0.4 is 10.2 Å². The molecule has 5 heteroatoms. The molecule has 0 atom stereocenters. The Morgan fingerprint density at radius 1 is 1.00 bits per heavy atom. The number of hydrogen-bond acceptors (Lipinski definition) is 3. The molecule has 0 aliphatic heterocycles. The smallest absolute Gasteiger partial charge is 0.256 e. The number of hydrogen-bond donors (Lipinski definition) is 1. The molecule has 128 valence electrons. The topological polar surface area (TPSA) is 50.2 Å². The molecule has 1 heterocycles. The van der Waals surface area contributed by atoms with Gasteiger partial charge in [-0.15, -0.1) is 0 Å². The van der Waals surface area contributed by atoms with E-state index in [1.807, 2.05) is 60.8 Å². The number of nitrogens with one attached hydrogen (secondary N) is 1. The molecular formula is C20H22N4O. The monoisotopic (exact) mass is 334 g/mol. The molecule has 5 nitrogen and oxygen atoms in total. The number of para-hydroxylation sites is 1. The molecule has 0 aliphatic carbocycles. The van der Waals surface area contributed by atoms with Crippen molar-refractivity contribution in [2.75, 3.05) is 23.3 Å². The van der Waals surface area contributed by atoms with E-state index in [2.05, 4.69) is 29.2 Å². The van der Waals surface area contributed by atoms with Crippen molar-refractivity contribution in [3.63, 3.8) is 0 Å². The summed E-state index contributed by atoms with van der Waals surface area (Å²) in [7, 11) is 0. The van der Waals surface area contributed by atoms with Crippen LogP contribution in [0.2, 0.25) is 0 Å². The van der Waals surface area contributed by atoms with Gasteiger partial charge in [0.2, 0.25) is 0 Å². The van der Waals surface area contributed by atoms with Crippen LogP contribution in [0.5, 0.6) is 0 Å². The number of carbonyl (C=O) groups excluding carboxylic acids is 1. The highest BCUT2D eigenvalue weighted by atomic mass is 16.1. The van der Waals surface area contributed by atoms with E-state index in [0.29, 0.717) is 11.4 Å². The largest absolute Gasteiger partial charge is 0.372 e. The predicted molar refractivity (Wildman–Crippen MR) is 102 cm³/mol. The second kappa shape index (κ2) is 7.66. The van der Waals surface area contributed by atoms with Gasteiger partial charge < -0.3 is 10.2 Å². The molecule has 0 aliphatic rings. The van der Waals surface area contributed by atoms with Gasteiger partial charge in [-0.3, -0.25) is 4.79 Å². The van der Waals surface area contributed by atoms with Crippen molar-refractivity contribution >= 4 is 17.4 Å². The zero-order chi connectivity index (χ0) is 17.6. The molecule has 1 N–H and O–H groups in total. The zero-order valence-corrected chi connectivity index (χ0v) is 14.5. The summed E-state index contributed by atoms with van der Waals surface area (Å²) < 4.78 is 1.74. The Kier molecular flexibility index (Phi) is 5.14. The summed E-state index contributed by atoms with van der Waals surface area (Å²) in [5, 5.41) is 7.24. The van der Waals surface area contributed by atoms with Crippen LogP contribution in [0.25, 0.3) is 5.69 Å². The van der Waals surface area contributed by atoms with Gasteiger partial charge in [0.15, 0.2) is 5.82 Å². The molecule has 25 heavy (non-hydrogen) atoms. The number of amides is 1. The van der Waals surface area contributed by atoms with Gasteiger partial charge >= 0.3 is 0 Å². The Labute approximate surface area is 147 Å². The third-order valence-corrected chi connectivity index (χ3v) is 4.11. The fourth-order valence-electron chi connectivity index (χ4n) is 2.72. The average molecular weight is 334 g/mol. The minimum absolute atomic E-state index is 0.163. The van der Waals surface area contributed by atoms with E-state index in [9.17, 15) is 4.79 Å². The van der Waals surface area contributed by atoms with Gasteiger partial charge in [0, 0.05) is 36.6 Å². The van der Waals surface area contributed by atoms with Crippen LogP contribution in [0, 0.1) is 0 Å². The van der Waals surface area contributed by atoms with Crippen molar-refractivity contribution in [2.24, 2.45) is 0 Å². The number of carbonyl (C=O) groups is 1. The highest BCUT2D eigenvalue weighted by Gasteiger charge is 2.09. The highest BCUT2D eigenvalue weighted by molar-refractivity contribution is 6.03. The van der Waals surface area contributed by atoms with Gasteiger partial charge in [-0.2, -0.15) is 5.10 Å². The van der Waals surface area contributed by atoms with Crippen LogP contribution in [-0.2, 0) is 0 Å². The summed E-state index contributed by atoms with van der Waals surface area (Å²) in [6.07, 6.45) is 1.83. The molecule has 0 radical (unpaired) electrons. The van der Waals surface area contributed by atoms with Gasteiger partial charge in [-0.25, -0.2) is 4.68 Å². The lowest BCUT2D eigenvalue weighted by atomic mass is 10.2. The fraction of sp³-hybridized carbons (Fsp3) is 0.200. The first kappa shape index (κ1) is 16.8. The van der Waals surface area contributed by atoms with E-state index in [1.165, 1.54) is 0 Å². The summed E-state index contributed by atoms with van der Waals surface area (Å²) in [5.41, 5.74) is 2.69. The number of anilines is 2. The first-order valence-electron chi connectivity index (χ1n) is 8.48. The van der Waals surface area contributed by atoms with Crippen LogP contribution in [-0.4, -0.2) is 28.8 Å². The number of aromatic nitrogens is 2. The summed E-state index contributed by atoms with van der Waals surface area (Å²) in [6, 6.07) is 19.2. The van der Waals surface area contributed by atoms with Gasteiger partial charge in [0.1, 0.15) is 0 Å². The first-order chi connectivity index (χ1) is 12.2. The third kappa shape index (κ3) is 3.88. The summed E-state index contributed by atoms with van der Waals surface area (Å²) in [6.45, 7) is 6.12. The second-order valence-electron chi connectivity index (χ2n) is 5.65. The Hall–Kier alpha value is -3.08. The van der Waals surface area contributed by atoms with Crippen LogP contribution in [0.3, 0.4) is 0 Å². The standard InChI is InChI=1S/C20H22N4O/c1-3-23(4-2)17-12-10-16(11-13-17)20(25)21-19-14-15-24(22-19)18-8-6-5-7-9-18/h5-15H,3-4H2,1-2H3,(H,21,22,25). The molecule has 0 spiro atoms. The van der Waals surface area contributed by atoms with E-state index in [4.69, 9.17) is 0 Å². The lowest BCUT2D eigenvalue weighted by Crippen LogP contribution is -2.21. The summed E-state index contributed by atoms with van der Waals surface area (Å²) >= 11 is 0. The zero-order valence-electron chi connectivity index (χ0n) is 14.5. The van der Waals surface area contributed by atoms with Crippen LogP contribution in [0.4, 0.5) is 11.5 Å². The predicted octanol–water partition coefficient (Wildman–Crippen LogP) is 3.97.